The predicted octanol–water partition coefficient (Wildman–Crippen LogP) is 2.83. The molecule has 0 aromatic heterocycles. The smallest absolute Gasteiger partial charge is 0.265 e. The Kier molecular flexibility index (Phi) is 6.93. The molecule has 0 radical (unpaired) electrons. The van der Waals surface area contributed by atoms with Gasteiger partial charge in [0.25, 0.3) is 11.8 Å². The van der Waals surface area contributed by atoms with Crippen molar-refractivity contribution < 1.29 is 19.1 Å². The molecule has 1 fully saturated rings. The first-order chi connectivity index (χ1) is 16.0. The van der Waals surface area contributed by atoms with Gasteiger partial charge in [-0.1, -0.05) is 25.1 Å². The van der Waals surface area contributed by atoms with Gasteiger partial charge in [0.05, 0.1) is 11.4 Å². The quantitative estimate of drug-likeness (QED) is 0.626. The van der Waals surface area contributed by atoms with Crippen LogP contribution >= 0.6 is 0 Å². The molecule has 1 saturated carbocycles. The van der Waals surface area contributed by atoms with E-state index in [4.69, 9.17) is 10.5 Å². The van der Waals surface area contributed by atoms with Crippen molar-refractivity contribution >= 4 is 29.1 Å². The number of rotatable bonds is 6. The van der Waals surface area contributed by atoms with Crippen LogP contribution in [0.3, 0.4) is 0 Å². The van der Waals surface area contributed by atoms with Crippen molar-refractivity contribution in [2.24, 2.45) is 5.73 Å². The maximum atomic E-state index is 13.1. The normalized spacial score (nSPS) is 22.2. The molecule has 8 heteroatoms. The van der Waals surface area contributed by atoms with E-state index < -0.39 is 6.04 Å². The van der Waals surface area contributed by atoms with Gasteiger partial charge < -0.3 is 21.1 Å². The molecule has 174 valence electrons. The minimum Gasteiger partial charge on any atom is -0.484 e. The van der Waals surface area contributed by atoms with E-state index in [0.29, 0.717) is 29.1 Å². The number of nitrogens with two attached hydrogens (primary N) is 1. The third-order valence-corrected chi connectivity index (χ3v) is 6.26. The highest BCUT2D eigenvalue weighted by atomic mass is 16.5. The van der Waals surface area contributed by atoms with E-state index in [1.54, 1.807) is 30.3 Å². The Hall–Kier alpha value is -3.39. The van der Waals surface area contributed by atoms with Crippen LogP contribution in [-0.2, 0) is 9.59 Å². The monoisotopic (exact) mass is 450 g/mol. The Morgan fingerprint density at radius 2 is 1.85 bits per heavy atom. The summed E-state index contributed by atoms with van der Waals surface area (Å²) in [7, 11) is 0. The minimum absolute atomic E-state index is 0.0978. The molecule has 1 atom stereocenters. The number of fused-ring (bicyclic) bond motifs is 1. The molecule has 0 spiro atoms. The van der Waals surface area contributed by atoms with Gasteiger partial charge in [-0.15, -0.1) is 0 Å². The summed E-state index contributed by atoms with van der Waals surface area (Å²) in [6.07, 6.45) is 3.96. The molecular weight excluding hydrogens is 420 g/mol. The lowest BCUT2D eigenvalue weighted by atomic mass is 9.91. The average molecular weight is 451 g/mol. The number of hydrogen-bond donors (Lipinski definition) is 3. The molecule has 1 unspecified atom stereocenters. The van der Waals surface area contributed by atoms with Crippen LogP contribution in [0.15, 0.2) is 48.5 Å². The molecule has 2 aromatic carbocycles. The maximum Gasteiger partial charge on any atom is 0.265 e. The Labute approximate surface area is 193 Å². The van der Waals surface area contributed by atoms with Gasteiger partial charge in [0, 0.05) is 17.6 Å². The molecule has 1 heterocycles. The second-order valence-electron chi connectivity index (χ2n) is 8.60. The number of carbonyl (C=O) groups is 3. The van der Waals surface area contributed by atoms with Crippen molar-refractivity contribution in [2.45, 2.75) is 57.2 Å². The van der Waals surface area contributed by atoms with Crippen LogP contribution in [0.2, 0.25) is 0 Å². The van der Waals surface area contributed by atoms with E-state index in [0.717, 1.165) is 25.7 Å². The topological polar surface area (TPSA) is 114 Å². The zero-order valence-corrected chi connectivity index (χ0v) is 18.8. The van der Waals surface area contributed by atoms with Gasteiger partial charge in [0.2, 0.25) is 5.91 Å². The van der Waals surface area contributed by atoms with E-state index in [2.05, 4.69) is 10.6 Å². The minimum atomic E-state index is -0.643. The first-order valence-corrected chi connectivity index (χ1v) is 11.5. The second-order valence-corrected chi connectivity index (χ2v) is 8.60. The van der Waals surface area contributed by atoms with Crippen LogP contribution in [0.1, 0.15) is 49.4 Å². The zero-order chi connectivity index (χ0) is 23.4. The summed E-state index contributed by atoms with van der Waals surface area (Å²) in [6.45, 7) is 1.66. The Morgan fingerprint density at radius 1 is 1.12 bits per heavy atom. The molecule has 2 aliphatic rings. The second kappa shape index (κ2) is 10.0. The van der Waals surface area contributed by atoms with E-state index >= 15 is 0 Å². The largest absolute Gasteiger partial charge is 0.484 e. The van der Waals surface area contributed by atoms with E-state index in [9.17, 15) is 14.4 Å². The highest BCUT2D eigenvalue weighted by molar-refractivity contribution is 6.13. The highest BCUT2D eigenvalue weighted by Crippen LogP contribution is 2.34. The first-order valence-electron chi connectivity index (χ1n) is 11.5. The Balaban J connectivity index is 1.51. The van der Waals surface area contributed by atoms with Gasteiger partial charge in [-0.25, -0.2) is 0 Å². The van der Waals surface area contributed by atoms with Gasteiger partial charge in [0.15, 0.2) is 6.61 Å². The Bertz CT molecular complexity index is 1020. The van der Waals surface area contributed by atoms with E-state index in [-0.39, 0.29) is 36.4 Å². The summed E-state index contributed by atoms with van der Waals surface area (Å²) in [4.78, 5) is 40.1. The number of ether oxygens (including phenoxy) is 1. The average Bonchev–Trinajstić information content (AvgIpc) is 2.83. The third kappa shape index (κ3) is 5.17. The van der Waals surface area contributed by atoms with Crippen molar-refractivity contribution in [1.82, 2.24) is 5.32 Å². The van der Waals surface area contributed by atoms with E-state index in [1.807, 2.05) is 25.1 Å². The fraction of sp³-hybridized carbons (Fsp3) is 0.400. The predicted molar refractivity (Wildman–Crippen MR) is 126 cm³/mol. The maximum absolute atomic E-state index is 13.1. The van der Waals surface area contributed by atoms with Gasteiger partial charge in [-0.05, 0) is 62.4 Å². The number of benzene rings is 2. The Morgan fingerprint density at radius 3 is 2.55 bits per heavy atom. The zero-order valence-electron chi connectivity index (χ0n) is 18.8. The van der Waals surface area contributed by atoms with Crippen LogP contribution in [-0.4, -0.2) is 42.5 Å². The molecule has 4 N–H and O–H groups in total. The van der Waals surface area contributed by atoms with Crippen LogP contribution in [0.4, 0.5) is 11.4 Å². The van der Waals surface area contributed by atoms with Crippen molar-refractivity contribution in [3.05, 3.63) is 54.1 Å². The summed E-state index contributed by atoms with van der Waals surface area (Å²) >= 11 is 0. The molecule has 2 aromatic rings. The van der Waals surface area contributed by atoms with Gasteiger partial charge in [0.1, 0.15) is 11.8 Å². The summed E-state index contributed by atoms with van der Waals surface area (Å²) < 4.78 is 5.62. The first kappa shape index (κ1) is 22.8. The van der Waals surface area contributed by atoms with Crippen molar-refractivity contribution in [3.8, 4) is 5.75 Å². The molecule has 0 saturated heterocycles. The summed E-state index contributed by atoms with van der Waals surface area (Å²) in [5.41, 5.74) is 7.39. The third-order valence-electron chi connectivity index (χ3n) is 6.26. The lowest BCUT2D eigenvalue weighted by Crippen LogP contribution is -2.52. The lowest BCUT2D eigenvalue weighted by molar-refractivity contribution is -0.125. The summed E-state index contributed by atoms with van der Waals surface area (Å²) in [5, 5.41) is 5.91. The van der Waals surface area contributed by atoms with Crippen LogP contribution in [0.5, 0.6) is 5.75 Å². The number of anilines is 2. The number of hydrogen-bond acceptors (Lipinski definition) is 5. The summed E-state index contributed by atoms with van der Waals surface area (Å²) in [5.74, 6) is -0.221. The fourth-order valence-corrected chi connectivity index (χ4v) is 4.43. The summed E-state index contributed by atoms with van der Waals surface area (Å²) in [6, 6.07) is 13.7. The molecule has 0 bridgehead atoms. The highest BCUT2D eigenvalue weighted by Gasteiger charge is 2.36. The van der Waals surface area contributed by atoms with Gasteiger partial charge in [-0.2, -0.15) is 0 Å². The van der Waals surface area contributed by atoms with Crippen molar-refractivity contribution in [2.75, 3.05) is 16.8 Å². The molecule has 1 aliphatic carbocycles. The SMILES string of the molecule is CCC1C(=O)Nc2cc(C(=O)NC3CCC(N)CC3)ccc2N1C(=O)COc1ccccc1. The van der Waals surface area contributed by atoms with Crippen LogP contribution in [0.25, 0.3) is 0 Å². The molecule has 4 rings (SSSR count). The molecule has 33 heavy (non-hydrogen) atoms. The number of amides is 3. The van der Waals surface area contributed by atoms with E-state index in [1.165, 1.54) is 4.90 Å². The fourth-order valence-electron chi connectivity index (χ4n) is 4.43. The van der Waals surface area contributed by atoms with Crippen LogP contribution in [0, 0.1) is 0 Å². The number of nitrogens with one attached hydrogen (secondary N) is 2. The molecule has 3 amide bonds. The molecule has 1 aliphatic heterocycles. The lowest BCUT2D eigenvalue weighted by Gasteiger charge is -2.36. The number of para-hydroxylation sites is 1. The van der Waals surface area contributed by atoms with Gasteiger partial charge in [-0.3, -0.25) is 19.3 Å². The van der Waals surface area contributed by atoms with Crippen molar-refractivity contribution in [3.63, 3.8) is 0 Å². The standard InChI is InChI=1S/C25H30N4O4/c1-2-21-25(32)28-20-14-16(24(31)27-18-11-9-17(26)10-12-18)8-13-22(20)29(21)23(30)15-33-19-6-4-3-5-7-19/h3-8,13-14,17-18,21H,2,9-12,15,26H2,1H3,(H,27,31)(H,28,32). The number of nitrogens with zero attached hydrogens (tertiary/aromatic N) is 1. The van der Waals surface area contributed by atoms with Crippen molar-refractivity contribution in [1.29, 1.82) is 0 Å². The van der Waals surface area contributed by atoms with Crippen LogP contribution < -0.4 is 26.0 Å². The molecular formula is C25H30N4O4. The molecule has 8 nitrogen and oxygen atoms in total. The van der Waals surface area contributed by atoms with Gasteiger partial charge >= 0.3 is 0 Å². The number of carbonyl (C=O) groups excluding carboxylic acids is 3.